The molecule has 40 heavy (non-hydrogen) atoms. The van der Waals surface area contributed by atoms with Gasteiger partial charge in [0, 0.05) is 11.5 Å². The Hall–Kier alpha value is -1.09. The van der Waals surface area contributed by atoms with Crippen LogP contribution in [-0.4, -0.2) is 37.7 Å². The normalized spacial score (nSPS) is 17.6. The molecule has 1 heterocycles. The molecule has 1 aliphatic rings. The molecule has 0 unspecified atom stereocenters. The van der Waals surface area contributed by atoms with Crippen LogP contribution in [0.15, 0.2) is 58.5 Å². The molecule has 2 nitrogen and oxygen atoms in total. The van der Waals surface area contributed by atoms with E-state index in [0.29, 0.717) is 33.2 Å². The van der Waals surface area contributed by atoms with Gasteiger partial charge in [0.2, 0.25) is 0 Å². The van der Waals surface area contributed by atoms with Crippen LogP contribution in [0.2, 0.25) is 33.2 Å². The van der Waals surface area contributed by atoms with Crippen LogP contribution in [-0.2, 0) is 0 Å². The monoisotopic (exact) mass is 610 g/mol. The highest BCUT2D eigenvalue weighted by Gasteiger charge is 2.47. The quantitative estimate of drug-likeness (QED) is 0.250. The summed E-state index contributed by atoms with van der Waals surface area (Å²) in [4.78, 5) is 11.0. The first-order chi connectivity index (χ1) is 18.8. The summed E-state index contributed by atoms with van der Waals surface area (Å²) in [7, 11) is -3.72. The van der Waals surface area contributed by atoms with Gasteiger partial charge in [-0.3, -0.25) is 0 Å². The lowest BCUT2D eigenvalue weighted by Gasteiger charge is -2.44. The average Bonchev–Trinajstić information content (AvgIpc) is 2.86. The van der Waals surface area contributed by atoms with E-state index in [-0.39, 0.29) is 0 Å². The van der Waals surface area contributed by atoms with Crippen molar-refractivity contribution in [1.29, 1.82) is 0 Å². The average molecular weight is 611 g/mol. The summed E-state index contributed by atoms with van der Waals surface area (Å²) >= 11 is 3.77. The third kappa shape index (κ3) is 6.16. The Morgan fingerprint density at radius 2 is 0.750 bits per heavy atom. The summed E-state index contributed by atoms with van der Waals surface area (Å²) in [6.45, 7) is 29.3. The topological polar surface area (TPSA) is 24.7 Å². The van der Waals surface area contributed by atoms with Gasteiger partial charge in [-0.2, -0.15) is 0 Å². The Morgan fingerprint density at radius 1 is 0.475 bits per heavy atom. The lowest BCUT2D eigenvalue weighted by atomic mass is 10.3. The van der Waals surface area contributed by atoms with Crippen LogP contribution in [0, 0.1) is 0 Å². The zero-order chi connectivity index (χ0) is 29.8. The van der Waals surface area contributed by atoms with Crippen LogP contribution in [0.1, 0.15) is 83.1 Å². The molecule has 6 heteroatoms. The van der Waals surface area contributed by atoms with Crippen molar-refractivity contribution in [3.8, 4) is 0 Å². The van der Waals surface area contributed by atoms with Crippen molar-refractivity contribution in [3.05, 3.63) is 48.5 Å². The van der Waals surface area contributed by atoms with Gasteiger partial charge in [-0.25, -0.2) is 9.98 Å². The Kier molecular flexibility index (Phi) is 11.6. The van der Waals surface area contributed by atoms with Crippen molar-refractivity contribution in [3.63, 3.8) is 0 Å². The Morgan fingerprint density at radius 3 is 1.02 bits per heavy atom. The predicted molar refractivity (Wildman–Crippen MR) is 193 cm³/mol. The standard InChI is InChI=1S/C34H54N2S2Si2/c1-23(2)39(24(3)4,25(5)6)31-19-15-13-17-29(31)35-33-34(38-22-21-37-33)36-30-18-14-16-20-32(30)40(26(7)8,27(9)10)28(11)12/h13-20,23-28H,21-22H2,1-12H3. The van der Waals surface area contributed by atoms with Gasteiger partial charge in [0.15, 0.2) is 0 Å². The molecule has 1 aliphatic heterocycles. The van der Waals surface area contributed by atoms with Gasteiger partial charge < -0.3 is 0 Å². The van der Waals surface area contributed by atoms with E-state index < -0.39 is 16.1 Å². The Balaban J connectivity index is 2.23. The molecule has 0 aromatic heterocycles. The molecule has 0 aliphatic carbocycles. The van der Waals surface area contributed by atoms with Gasteiger partial charge in [-0.15, -0.1) is 23.5 Å². The highest BCUT2D eigenvalue weighted by Crippen LogP contribution is 2.44. The number of nitrogens with zero attached hydrogens (tertiary/aromatic N) is 2. The van der Waals surface area contributed by atoms with Gasteiger partial charge in [0.25, 0.3) is 0 Å². The molecule has 0 radical (unpaired) electrons. The molecule has 2 aromatic carbocycles. The molecule has 1 saturated heterocycles. The number of hydrogen-bond donors (Lipinski definition) is 0. The molecule has 0 saturated carbocycles. The van der Waals surface area contributed by atoms with E-state index in [1.165, 1.54) is 21.7 Å². The highest BCUT2D eigenvalue weighted by molar-refractivity contribution is 8.27. The van der Waals surface area contributed by atoms with Gasteiger partial charge in [-0.1, -0.05) is 119 Å². The maximum atomic E-state index is 5.48. The molecule has 1 fully saturated rings. The summed E-state index contributed by atoms with van der Waals surface area (Å²) in [6, 6.07) is 18.1. The van der Waals surface area contributed by atoms with E-state index in [2.05, 4.69) is 132 Å². The van der Waals surface area contributed by atoms with Crippen LogP contribution in [0.5, 0.6) is 0 Å². The van der Waals surface area contributed by atoms with Crippen molar-refractivity contribution in [2.24, 2.45) is 9.98 Å². The Labute approximate surface area is 256 Å². The van der Waals surface area contributed by atoms with Crippen molar-refractivity contribution >= 4 is 71.5 Å². The molecule has 3 rings (SSSR count). The van der Waals surface area contributed by atoms with E-state index in [0.717, 1.165) is 21.6 Å². The summed E-state index contributed by atoms with van der Waals surface area (Å²) in [6.07, 6.45) is 0. The van der Waals surface area contributed by atoms with Crippen molar-refractivity contribution in [2.45, 2.75) is 116 Å². The van der Waals surface area contributed by atoms with Crippen molar-refractivity contribution < 1.29 is 0 Å². The predicted octanol–water partition coefficient (Wildman–Crippen LogP) is 10.7. The number of hydrogen-bond acceptors (Lipinski definition) is 4. The van der Waals surface area contributed by atoms with Crippen LogP contribution in [0.4, 0.5) is 11.4 Å². The van der Waals surface area contributed by atoms with Gasteiger partial charge in [0.1, 0.15) is 10.1 Å². The number of aliphatic imine (C=N–C) groups is 2. The number of benzene rings is 2. The summed E-state index contributed by atoms with van der Waals surface area (Å²) in [5.41, 5.74) is 6.20. The Bertz CT molecular complexity index is 1060. The summed E-state index contributed by atoms with van der Waals surface area (Å²) in [5.74, 6) is 2.16. The van der Waals surface area contributed by atoms with E-state index in [9.17, 15) is 0 Å². The SMILES string of the molecule is CC(C)[Si](c1ccccc1N=C1SCCSC1=Nc1ccccc1[Si](C(C)C)(C(C)C)C(C)C)(C(C)C)C(C)C. The minimum Gasteiger partial charge on any atom is -0.239 e. The van der Waals surface area contributed by atoms with Crippen molar-refractivity contribution in [1.82, 2.24) is 0 Å². The van der Waals surface area contributed by atoms with Gasteiger partial charge in [0.05, 0.1) is 27.5 Å². The minimum atomic E-state index is -1.86. The van der Waals surface area contributed by atoms with Gasteiger partial charge in [-0.05, 0) is 55.8 Å². The molecule has 0 atom stereocenters. The van der Waals surface area contributed by atoms with Crippen LogP contribution in [0.25, 0.3) is 0 Å². The molecule has 0 amide bonds. The third-order valence-corrected chi connectivity index (χ3v) is 26.2. The fraction of sp³-hybridized carbons (Fsp3) is 0.588. The first-order valence-electron chi connectivity index (χ1n) is 15.4. The smallest absolute Gasteiger partial charge is 0.129 e. The van der Waals surface area contributed by atoms with Crippen LogP contribution >= 0.6 is 23.5 Å². The van der Waals surface area contributed by atoms with E-state index in [4.69, 9.17) is 9.98 Å². The zero-order valence-electron chi connectivity index (χ0n) is 27.2. The lowest BCUT2D eigenvalue weighted by Crippen LogP contribution is -2.55. The highest BCUT2D eigenvalue weighted by atomic mass is 32.2. The van der Waals surface area contributed by atoms with Gasteiger partial charge >= 0.3 is 0 Å². The summed E-state index contributed by atoms with van der Waals surface area (Å²) in [5, 5.41) is 5.24. The third-order valence-electron chi connectivity index (χ3n) is 9.66. The second-order valence-electron chi connectivity index (χ2n) is 13.4. The number of rotatable bonds is 10. The molecule has 0 N–H and O–H groups in total. The number of thioether (sulfide) groups is 2. The maximum absolute atomic E-state index is 5.48. The largest absolute Gasteiger partial charge is 0.239 e. The molecule has 220 valence electrons. The fourth-order valence-electron chi connectivity index (χ4n) is 8.52. The van der Waals surface area contributed by atoms with E-state index in [1.54, 1.807) is 0 Å². The first-order valence-corrected chi connectivity index (χ1v) is 21.9. The molecule has 0 spiro atoms. The minimum absolute atomic E-state index is 0.642. The van der Waals surface area contributed by atoms with Crippen LogP contribution < -0.4 is 10.4 Å². The number of para-hydroxylation sites is 2. The molecule has 2 aromatic rings. The molecular weight excluding hydrogens is 557 g/mol. The lowest BCUT2D eigenvalue weighted by molar-refractivity contribution is 0.835. The summed E-state index contributed by atoms with van der Waals surface area (Å²) < 4.78 is 0. The van der Waals surface area contributed by atoms with Crippen LogP contribution in [0.3, 0.4) is 0 Å². The second kappa shape index (κ2) is 13.9. The maximum Gasteiger partial charge on any atom is 0.129 e. The van der Waals surface area contributed by atoms with E-state index in [1.807, 2.05) is 23.5 Å². The molecule has 0 bridgehead atoms. The first kappa shape index (κ1) is 33.4. The second-order valence-corrected chi connectivity index (χ2v) is 27.3. The zero-order valence-corrected chi connectivity index (χ0v) is 30.8. The van der Waals surface area contributed by atoms with Crippen molar-refractivity contribution in [2.75, 3.05) is 11.5 Å². The van der Waals surface area contributed by atoms with E-state index >= 15 is 0 Å². The molecular formula is C34H54N2S2Si2. The fourth-order valence-corrected chi connectivity index (χ4v) is 24.3.